The van der Waals surface area contributed by atoms with Gasteiger partial charge in [0.05, 0.1) is 0 Å². The van der Waals surface area contributed by atoms with Gasteiger partial charge < -0.3 is 16.0 Å². The highest BCUT2D eigenvalue weighted by Gasteiger charge is 2.31. The van der Waals surface area contributed by atoms with Crippen molar-refractivity contribution >= 4 is 0 Å². The first kappa shape index (κ1) is 12.9. The molecule has 0 atom stereocenters. The number of nitrogens with two attached hydrogens (primary N) is 1. The average molecular weight is 213 g/mol. The van der Waals surface area contributed by atoms with Gasteiger partial charge >= 0.3 is 0 Å². The van der Waals surface area contributed by atoms with E-state index in [0.717, 1.165) is 25.6 Å². The molecule has 1 fully saturated rings. The highest BCUT2D eigenvalue weighted by molar-refractivity contribution is 4.84. The van der Waals surface area contributed by atoms with Crippen LogP contribution < -0.4 is 11.1 Å². The molecule has 0 aromatic heterocycles. The standard InChI is InChI=1S/C12H27N3/c1-12(2,10-14-7-6-13)11-4-8-15(3)9-5-11/h11,14H,4-10,13H2,1-3H3. The molecule has 0 amide bonds. The molecule has 0 spiro atoms. The molecule has 1 saturated heterocycles. The van der Waals surface area contributed by atoms with Gasteiger partial charge in [-0.25, -0.2) is 0 Å². The molecule has 0 aliphatic carbocycles. The van der Waals surface area contributed by atoms with Gasteiger partial charge in [-0.15, -0.1) is 0 Å². The fourth-order valence-electron chi connectivity index (χ4n) is 2.45. The zero-order chi connectivity index (χ0) is 11.3. The SMILES string of the molecule is CN1CCC(C(C)(C)CNCCN)CC1. The summed E-state index contributed by atoms with van der Waals surface area (Å²) < 4.78 is 0. The summed E-state index contributed by atoms with van der Waals surface area (Å²) in [5.41, 5.74) is 5.90. The van der Waals surface area contributed by atoms with Crippen LogP contribution in [0.15, 0.2) is 0 Å². The van der Waals surface area contributed by atoms with Gasteiger partial charge in [-0.2, -0.15) is 0 Å². The molecule has 0 aromatic rings. The van der Waals surface area contributed by atoms with Crippen molar-refractivity contribution in [3.05, 3.63) is 0 Å². The van der Waals surface area contributed by atoms with E-state index in [-0.39, 0.29) is 0 Å². The van der Waals surface area contributed by atoms with E-state index < -0.39 is 0 Å². The van der Waals surface area contributed by atoms with Crippen LogP contribution in [0.1, 0.15) is 26.7 Å². The minimum Gasteiger partial charge on any atom is -0.329 e. The Balaban J connectivity index is 2.32. The van der Waals surface area contributed by atoms with E-state index in [0.29, 0.717) is 5.41 Å². The normalized spacial score (nSPS) is 20.8. The number of nitrogens with one attached hydrogen (secondary N) is 1. The second kappa shape index (κ2) is 5.83. The molecule has 15 heavy (non-hydrogen) atoms. The summed E-state index contributed by atoms with van der Waals surface area (Å²) in [4.78, 5) is 2.43. The molecule has 1 rings (SSSR count). The number of piperidine rings is 1. The molecule has 0 bridgehead atoms. The zero-order valence-corrected chi connectivity index (χ0v) is 10.6. The van der Waals surface area contributed by atoms with Crippen LogP contribution in [0.4, 0.5) is 0 Å². The maximum absolute atomic E-state index is 5.49. The topological polar surface area (TPSA) is 41.3 Å². The zero-order valence-electron chi connectivity index (χ0n) is 10.6. The molecule has 1 heterocycles. The van der Waals surface area contributed by atoms with Crippen LogP contribution in [0.25, 0.3) is 0 Å². The Kier molecular flexibility index (Phi) is 5.03. The minimum atomic E-state index is 0.413. The van der Waals surface area contributed by atoms with Crippen molar-refractivity contribution in [3.63, 3.8) is 0 Å². The number of rotatable bonds is 5. The van der Waals surface area contributed by atoms with Crippen molar-refractivity contribution in [1.29, 1.82) is 0 Å². The first-order valence-electron chi connectivity index (χ1n) is 6.15. The van der Waals surface area contributed by atoms with E-state index in [1.165, 1.54) is 25.9 Å². The van der Waals surface area contributed by atoms with E-state index in [2.05, 4.69) is 31.1 Å². The Morgan fingerprint density at radius 3 is 2.47 bits per heavy atom. The fraction of sp³-hybridized carbons (Fsp3) is 1.00. The number of likely N-dealkylation sites (tertiary alicyclic amines) is 1. The summed E-state index contributed by atoms with van der Waals surface area (Å²) in [5, 5.41) is 3.45. The maximum Gasteiger partial charge on any atom is 0.00747 e. The van der Waals surface area contributed by atoms with E-state index in [4.69, 9.17) is 5.73 Å². The predicted molar refractivity (Wildman–Crippen MR) is 65.9 cm³/mol. The Hall–Kier alpha value is -0.120. The summed E-state index contributed by atoms with van der Waals surface area (Å²) >= 11 is 0. The lowest BCUT2D eigenvalue weighted by molar-refractivity contribution is 0.113. The van der Waals surface area contributed by atoms with Crippen molar-refractivity contribution in [2.75, 3.05) is 39.8 Å². The van der Waals surface area contributed by atoms with Crippen LogP contribution in [0.2, 0.25) is 0 Å². The summed E-state index contributed by atoms with van der Waals surface area (Å²) in [6.07, 6.45) is 2.68. The number of hydrogen-bond acceptors (Lipinski definition) is 3. The van der Waals surface area contributed by atoms with E-state index in [9.17, 15) is 0 Å². The summed E-state index contributed by atoms with van der Waals surface area (Å²) in [5.74, 6) is 0.860. The third-order valence-corrected chi connectivity index (χ3v) is 3.73. The summed E-state index contributed by atoms with van der Waals surface area (Å²) in [7, 11) is 2.22. The maximum atomic E-state index is 5.49. The van der Waals surface area contributed by atoms with Gasteiger partial charge in [-0.1, -0.05) is 13.8 Å². The van der Waals surface area contributed by atoms with Crippen LogP contribution >= 0.6 is 0 Å². The first-order chi connectivity index (χ1) is 7.06. The fourth-order valence-corrected chi connectivity index (χ4v) is 2.45. The van der Waals surface area contributed by atoms with Gasteiger partial charge in [0.2, 0.25) is 0 Å². The Morgan fingerprint density at radius 1 is 1.33 bits per heavy atom. The molecule has 3 N–H and O–H groups in total. The van der Waals surface area contributed by atoms with Crippen molar-refractivity contribution in [2.45, 2.75) is 26.7 Å². The Bertz CT molecular complexity index is 172. The van der Waals surface area contributed by atoms with Crippen LogP contribution in [-0.2, 0) is 0 Å². The van der Waals surface area contributed by atoms with Gasteiger partial charge in [0.1, 0.15) is 0 Å². The smallest absolute Gasteiger partial charge is 0.00747 e. The van der Waals surface area contributed by atoms with Crippen molar-refractivity contribution in [3.8, 4) is 0 Å². The lowest BCUT2D eigenvalue weighted by Crippen LogP contribution is -2.42. The van der Waals surface area contributed by atoms with Gasteiger partial charge in [0, 0.05) is 19.6 Å². The molecule has 0 aromatic carbocycles. The second-order valence-corrected chi connectivity index (χ2v) is 5.53. The number of hydrogen-bond donors (Lipinski definition) is 2. The second-order valence-electron chi connectivity index (χ2n) is 5.53. The molecular formula is C12H27N3. The first-order valence-corrected chi connectivity index (χ1v) is 6.15. The lowest BCUT2D eigenvalue weighted by atomic mass is 9.73. The molecule has 90 valence electrons. The van der Waals surface area contributed by atoms with Crippen LogP contribution in [-0.4, -0.2) is 44.7 Å². The third kappa shape index (κ3) is 4.09. The molecule has 1 aliphatic heterocycles. The Labute approximate surface area is 94.4 Å². The summed E-state index contributed by atoms with van der Waals surface area (Å²) in [6.45, 7) is 10.0. The summed E-state index contributed by atoms with van der Waals surface area (Å²) in [6, 6.07) is 0. The highest BCUT2D eigenvalue weighted by atomic mass is 15.1. The predicted octanol–water partition coefficient (Wildman–Crippen LogP) is 0.903. The monoisotopic (exact) mass is 213 g/mol. The lowest BCUT2D eigenvalue weighted by Gasteiger charge is -2.40. The van der Waals surface area contributed by atoms with Crippen molar-refractivity contribution < 1.29 is 0 Å². The van der Waals surface area contributed by atoms with Crippen LogP contribution in [0, 0.1) is 11.3 Å². The number of nitrogens with zero attached hydrogens (tertiary/aromatic N) is 1. The van der Waals surface area contributed by atoms with Crippen molar-refractivity contribution in [2.24, 2.45) is 17.1 Å². The van der Waals surface area contributed by atoms with E-state index in [1.54, 1.807) is 0 Å². The largest absolute Gasteiger partial charge is 0.329 e. The van der Waals surface area contributed by atoms with Gasteiger partial charge in [0.25, 0.3) is 0 Å². The molecule has 3 nitrogen and oxygen atoms in total. The van der Waals surface area contributed by atoms with E-state index in [1.807, 2.05) is 0 Å². The van der Waals surface area contributed by atoms with Crippen LogP contribution in [0.5, 0.6) is 0 Å². The third-order valence-electron chi connectivity index (χ3n) is 3.73. The molecular weight excluding hydrogens is 186 g/mol. The van der Waals surface area contributed by atoms with Gasteiger partial charge in [0.15, 0.2) is 0 Å². The molecule has 3 heteroatoms. The average Bonchev–Trinajstić information content (AvgIpc) is 2.18. The molecule has 1 aliphatic rings. The van der Waals surface area contributed by atoms with E-state index >= 15 is 0 Å². The Morgan fingerprint density at radius 2 is 1.93 bits per heavy atom. The molecule has 0 radical (unpaired) electrons. The van der Waals surface area contributed by atoms with Crippen LogP contribution in [0.3, 0.4) is 0 Å². The van der Waals surface area contributed by atoms with Crippen molar-refractivity contribution in [1.82, 2.24) is 10.2 Å². The molecule has 0 unspecified atom stereocenters. The van der Waals surface area contributed by atoms with Gasteiger partial charge in [-0.3, -0.25) is 0 Å². The molecule has 0 saturated carbocycles. The van der Waals surface area contributed by atoms with Gasteiger partial charge in [-0.05, 0) is 44.3 Å². The highest BCUT2D eigenvalue weighted by Crippen LogP contribution is 2.33. The minimum absolute atomic E-state index is 0.413. The quantitative estimate of drug-likeness (QED) is 0.667.